The monoisotopic (exact) mass is 549 g/mol. The quantitative estimate of drug-likeness (QED) is 0.293. The predicted molar refractivity (Wildman–Crippen MR) is 154 cm³/mol. The zero-order chi connectivity index (χ0) is 28.3. The van der Waals surface area contributed by atoms with Gasteiger partial charge in [-0.15, -0.1) is 0 Å². The van der Waals surface area contributed by atoms with Gasteiger partial charge in [0.05, 0.1) is 23.7 Å². The van der Waals surface area contributed by atoms with Crippen LogP contribution >= 0.6 is 0 Å². The van der Waals surface area contributed by atoms with E-state index in [0.29, 0.717) is 39.9 Å². The molecule has 0 saturated carbocycles. The van der Waals surface area contributed by atoms with E-state index >= 15 is 0 Å². The van der Waals surface area contributed by atoms with Gasteiger partial charge in [0.1, 0.15) is 17.3 Å². The van der Waals surface area contributed by atoms with E-state index in [0.717, 1.165) is 49.9 Å². The van der Waals surface area contributed by atoms with Gasteiger partial charge in [0.2, 0.25) is 5.91 Å². The third-order valence-corrected chi connectivity index (χ3v) is 7.16. The molecule has 41 heavy (non-hydrogen) atoms. The van der Waals surface area contributed by atoms with Gasteiger partial charge < -0.3 is 11.1 Å². The van der Waals surface area contributed by atoms with E-state index < -0.39 is 5.82 Å². The number of benzene rings is 1. The molecular formula is C30H28FN9O. The summed E-state index contributed by atoms with van der Waals surface area (Å²) in [4.78, 5) is 36.5. The minimum absolute atomic E-state index is 0.121. The van der Waals surface area contributed by atoms with Gasteiger partial charge >= 0.3 is 0 Å². The van der Waals surface area contributed by atoms with Crippen LogP contribution in [0.5, 0.6) is 0 Å². The molecule has 4 aromatic heterocycles. The highest BCUT2D eigenvalue weighted by Gasteiger charge is 2.22. The normalized spacial score (nSPS) is 14.3. The van der Waals surface area contributed by atoms with Gasteiger partial charge in [0, 0.05) is 37.6 Å². The van der Waals surface area contributed by atoms with Crippen molar-refractivity contribution in [2.45, 2.75) is 25.4 Å². The molecule has 0 bridgehead atoms. The first kappa shape index (κ1) is 26.2. The number of halogens is 1. The van der Waals surface area contributed by atoms with Crippen LogP contribution in [-0.2, 0) is 11.3 Å². The summed E-state index contributed by atoms with van der Waals surface area (Å²) in [5, 5.41) is 2.99. The Balaban J connectivity index is 1.32. The highest BCUT2D eigenvalue weighted by molar-refractivity contribution is 5.87. The molecule has 11 heteroatoms. The van der Waals surface area contributed by atoms with Crippen molar-refractivity contribution in [2.24, 2.45) is 0 Å². The molecule has 1 fully saturated rings. The Kier molecular flexibility index (Phi) is 7.17. The molecule has 5 aromatic rings. The van der Waals surface area contributed by atoms with E-state index in [4.69, 9.17) is 15.7 Å². The number of nitrogen functional groups attached to an aromatic ring is 1. The molecule has 1 aliphatic rings. The maximum Gasteiger partial charge on any atom is 0.243 e. The molecular weight excluding hydrogens is 521 g/mol. The van der Waals surface area contributed by atoms with Crippen molar-refractivity contribution < 1.29 is 9.18 Å². The summed E-state index contributed by atoms with van der Waals surface area (Å²) in [6.07, 6.45) is 7.48. The number of imidazole rings is 1. The molecule has 0 spiro atoms. The topological polar surface area (TPSA) is 128 Å². The Hall–Kier alpha value is -5.03. The van der Waals surface area contributed by atoms with Crippen LogP contribution in [0.3, 0.4) is 0 Å². The smallest absolute Gasteiger partial charge is 0.243 e. The number of hydrogen-bond donors (Lipinski definition) is 2. The number of anilines is 1. The van der Waals surface area contributed by atoms with Crippen LogP contribution < -0.4 is 11.1 Å². The summed E-state index contributed by atoms with van der Waals surface area (Å²) >= 11 is 0. The van der Waals surface area contributed by atoms with Crippen LogP contribution in [0.15, 0.2) is 79.8 Å². The van der Waals surface area contributed by atoms with Crippen molar-refractivity contribution in [1.29, 1.82) is 0 Å². The summed E-state index contributed by atoms with van der Waals surface area (Å²) in [6.45, 7) is 6.13. The maximum absolute atomic E-state index is 13.5. The van der Waals surface area contributed by atoms with Gasteiger partial charge in [0.25, 0.3) is 0 Å². The molecule has 10 nitrogen and oxygen atoms in total. The molecule has 5 heterocycles. The molecule has 1 amide bonds. The number of nitrogens with one attached hydrogen (secondary N) is 1. The number of nitrogens with two attached hydrogens (primary N) is 1. The van der Waals surface area contributed by atoms with Crippen LogP contribution in [0.25, 0.3) is 39.8 Å². The Morgan fingerprint density at radius 2 is 1.83 bits per heavy atom. The molecule has 0 radical (unpaired) electrons. The highest BCUT2D eigenvalue weighted by atomic mass is 19.1. The maximum atomic E-state index is 13.5. The van der Waals surface area contributed by atoms with Gasteiger partial charge in [-0.1, -0.05) is 18.7 Å². The fourth-order valence-electron chi connectivity index (χ4n) is 5.04. The molecule has 206 valence electrons. The Morgan fingerprint density at radius 3 is 2.54 bits per heavy atom. The van der Waals surface area contributed by atoms with Crippen molar-refractivity contribution >= 4 is 23.0 Å². The number of carbonyl (C=O) groups is 1. The van der Waals surface area contributed by atoms with Crippen LogP contribution in [-0.4, -0.2) is 59.4 Å². The molecule has 0 aliphatic carbocycles. The average Bonchev–Trinajstić information content (AvgIpc) is 3.37. The molecule has 6 rings (SSSR count). The van der Waals surface area contributed by atoms with E-state index in [1.54, 1.807) is 24.5 Å². The Labute approximate surface area is 235 Å². The lowest BCUT2D eigenvalue weighted by Crippen LogP contribution is -2.43. The first-order valence-corrected chi connectivity index (χ1v) is 13.3. The summed E-state index contributed by atoms with van der Waals surface area (Å²) < 4.78 is 15.4. The van der Waals surface area contributed by atoms with E-state index in [2.05, 4.69) is 43.9 Å². The summed E-state index contributed by atoms with van der Waals surface area (Å²) in [5.74, 6) is 0.357. The fourth-order valence-corrected chi connectivity index (χ4v) is 5.04. The zero-order valence-electron chi connectivity index (χ0n) is 22.2. The van der Waals surface area contributed by atoms with E-state index in [1.807, 2.05) is 22.8 Å². The van der Waals surface area contributed by atoms with E-state index in [-0.39, 0.29) is 11.9 Å². The number of aromatic nitrogens is 6. The van der Waals surface area contributed by atoms with E-state index in [1.165, 1.54) is 12.1 Å². The second-order valence-corrected chi connectivity index (χ2v) is 9.90. The second-order valence-electron chi connectivity index (χ2n) is 9.90. The zero-order valence-corrected chi connectivity index (χ0v) is 22.2. The van der Waals surface area contributed by atoms with Crippen molar-refractivity contribution in [3.63, 3.8) is 0 Å². The highest BCUT2D eigenvalue weighted by Crippen LogP contribution is 2.31. The van der Waals surface area contributed by atoms with Crippen molar-refractivity contribution in [3.8, 4) is 28.5 Å². The molecule has 1 aromatic carbocycles. The summed E-state index contributed by atoms with van der Waals surface area (Å²) in [7, 11) is 0. The van der Waals surface area contributed by atoms with Gasteiger partial charge in [-0.25, -0.2) is 24.3 Å². The standard InChI is InChI=1S/C30H28FN9O/c1-2-26(41)36-21-11-14-39(15-12-21)18-19-5-8-22(9-6-19)40-29(23-4-3-13-33-27(23)32)38-28-30(40)37-25(17-35-28)24-10-7-20(31)16-34-24/h2-10,13,16-17,21H,1,11-12,14-15,18H2,(H2,32,33)(H,36,41). The van der Waals surface area contributed by atoms with Crippen LogP contribution in [0.4, 0.5) is 10.2 Å². The number of hydrogen-bond acceptors (Lipinski definition) is 8. The number of carbonyl (C=O) groups excluding carboxylic acids is 1. The first-order chi connectivity index (χ1) is 20.0. The summed E-state index contributed by atoms with van der Waals surface area (Å²) in [6, 6.07) is 15.0. The van der Waals surface area contributed by atoms with Gasteiger partial charge in [-0.3, -0.25) is 19.2 Å². The lowest BCUT2D eigenvalue weighted by Gasteiger charge is -2.32. The average molecular weight is 550 g/mol. The Bertz CT molecular complexity index is 1710. The molecule has 0 unspecified atom stereocenters. The third kappa shape index (κ3) is 5.52. The van der Waals surface area contributed by atoms with Gasteiger partial charge in [0.15, 0.2) is 17.1 Å². The van der Waals surface area contributed by atoms with Crippen molar-refractivity contribution in [2.75, 3.05) is 18.8 Å². The van der Waals surface area contributed by atoms with Crippen molar-refractivity contribution in [3.05, 3.63) is 91.2 Å². The van der Waals surface area contributed by atoms with Crippen LogP contribution in [0, 0.1) is 5.82 Å². The van der Waals surface area contributed by atoms with Crippen LogP contribution in [0.2, 0.25) is 0 Å². The first-order valence-electron chi connectivity index (χ1n) is 13.3. The molecule has 1 aliphatic heterocycles. The third-order valence-electron chi connectivity index (χ3n) is 7.16. The predicted octanol–water partition coefficient (Wildman–Crippen LogP) is 3.93. The number of likely N-dealkylation sites (tertiary alicyclic amines) is 1. The number of pyridine rings is 2. The van der Waals surface area contributed by atoms with Crippen LogP contribution in [0.1, 0.15) is 18.4 Å². The largest absolute Gasteiger partial charge is 0.383 e. The number of fused-ring (bicyclic) bond motifs is 1. The van der Waals surface area contributed by atoms with Gasteiger partial charge in [-0.05, 0) is 60.9 Å². The molecule has 3 N–H and O–H groups in total. The lowest BCUT2D eigenvalue weighted by molar-refractivity contribution is -0.117. The number of rotatable bonds is 7. The number of amides is 1. The lowest BCUT2D eigenvalue weighted by atomic mass is 10.0. The van der Waals surface area contributed by atoms with Gasteiger partial charge in [-0.2, -0.15) is 0 Å². The fraction of sp³-hybridized carbons (Fsp3) is 0.200. The summed E-state index contributed by atoms with van der Waals surface area (Å²) in [5.41, 5.74) is 10.8. The number of nitrogens with zero attached hydrogens (tertiary/aromatic N) is 7. The second kappa shape index (κ2) is 11.2. The van der Waals surface area contributed by atoms with Crippen molar-refractivity contribution in [1.82, 2.24) is 39.7 Å². The minimum atomic E-state index is -0.425. The molecule has 0 atom stereocenters. The van der Waals surface area contributed by atoms with E-state index in [9.17, 15) is 9.18 Å². The Morgan fingerprint density at radius 1 is 1.02 bits per heavy atom. The SMILES string of the molecule is C=CC(=O)NC1CCN(Cc2ccc(-n3c(-c4cccnc4N)nc4ncc(-c5ccc(F)cn5)nc43)cc2)CC1. The number of piperidine rings is 1. The molecule has 1 saturated heterocycles. The minimum Gasteiger partial charge on any atom is -0.383 e.